The third-order valence-corrected chi connectivity index (χ3v) is 6.79. The zero-order valence-electron chi connectivity index (χ0n) is 16.1. The molecule has 3 N–H and O–H groups in total. The van der Waals surface area contributed by atoms with Gasteiger partial charge in [0, 0.05) is 33.6 Å². The minimum absolute atomic E-state index is 0.201. The average molecular weight is 419 g/mol. The maximum Gasteiger partial charge on any atom is 0.176 e. The molecule has 0 bridgehead atoms. The highest BCUT2D eigenvalue weighted by atomic mass is 32.1. The van der Waals surface area contributed by atoms with Crippen molar-refractivity contribution >= 4 is 33.3 Å². The minimum Gasteiger partial charge on any atom is -0.352 e. The topological polar surface area (TPSA) is 82.3 Å². The van der Waals surface area contributed by atoms with Crippen LogP contribution in [0.2, 0.25) is 0 Å². The van der Waals surface area contributed by atoms with Crippen LogP contribution in [0.1, 0.15) is 24.3 Å². The highest BCUT2D eigenvalue weighted by molar-refractivity contribution is 7.14. The van der Waals surface area contributed by atoms with Crippen LogP contribution in [0.5, 0.6) is 0 Å². The molecule has 1 saturated heterocycles. The summed E-state index contributed by atoms with van der Waals surface area (Å²) in [7, 11) is 0. The van der Waals surface area contributed by atoms with Crippen molar-refractivity contribution in [2.45, 2.75) is 18.8 Å². The van der Waals surface area contributed by atoms with Gasteiger partial charge >= 0.3 is 0 Å². The molecule has 0 aliphatic carbocycles. The number of aromatic nitrogens is 5. The highest BCUT2D eigenvalue weighted by Gasteiger charge is 2.19. The van der Waals surface area contributed by atoms with E-state index in [0.29, 0.717) is 5.92 Å². The Hall–Kier alpha value is -3.10. The molecule has 0 radical (unpaired) electrons. The zero-order valence-corrected chi connectivity index (χ0v) is 16.9. The Balaban J connectivity index is 1.47. The first-order valence-electron chi connectivity index (χ1n) is 10.0. The monoisotopic (exact) mass is 418 g/mol. The number of nitrogens with zero attached hydrogens (tertiary/aromatic N) is 3. The Kier molecular flexibility index (Phi) is 4.14. The molecule has 0 aromatic carbocycles. The number of thiophene rings is 1. The van der Waals surface area contributed by atoms with Gasteiger partial charge in [-0.2, -0.15) is 9.49 Å². The van der Waals surface area contributed by atoms with E-state index >= 15 is 0 Å². The molecule has 6 heterocycles. The number of hydrogen-bond acceptors (Lipinski definition) is 5. The van der Waals surface area contributed by atoms with E-state index < -0.39 is 0 Å². The van der Waals surface area contributed by atoms with E-state index in [2.05, 4.69) is 42.6 Å². The molecule has 5 aromatic rings. The van der Waals surface area contributed by atoms with Crippen LogP contribution in [-0.2, 0) is 0 Å². The van der Waals surface area contributed by atoms with Crippen LogP contribution in [0.25, 0.3) is 43.8 Å². The fourth-order valence-electron chi connectivity index (χ4n) is 4.34. The summed E-state index contributed by atoms with van der Waals surface area (Å²) >= 11 is 1.13. The molecule has 0 spiro atoms. The molecule has 8 heteroatoms. The van der Waals surface area contributed by atoms with Crippen LogP contribution in [-0.4, -0.2) is 38.2 Å². The fourth-order valence-corrected chi connectivity index (χ4v) is 5.09. The summed E-state index contributed by atoms with van der Waals surface area (Å²) in [6.07, 6.45) is 7.79. The molecule has 150 valence electrons. The summed E-state index contributed by atoms with van der Waals surface area (Å²) in [5.74, 6) is 0.526. The van der Waals surface area contributed by atoms with Crippen molar-refractivity contribution in [1.29, 1.82) is 0 Å². The van der Waals surface area contributed by atoms with Crippen molar-refractivity contribution in [2.75, 3.05) is 13.1 Å². The number of pyridine rings is 2. The predicted molar refractivity (Wildman–Crippen MR) is 117 cm³/mol. The van der Waals surface area contributed by atoms with Gasteiger partial charge in [-0.15, -0.1) is 11.3 Å². The molecule has 0 saturated carbocycles. The molecule has 1 aliphatic rings. The Morgan fingerprint density at radius 3 is 2.77 bits per heavy atom. The lowest BCUT2D eigenvalue weighted by molar-refractivity contribution is 0.460. The lowest BCUT2D eigenvalue weighted by atomic mass is 9.91. The van der Waals surface area contributed by atoms with Crippen LogP contribution < -0.4 is 5.32 Å². The molecule has 0 amide bonds. The summed E-state index contributed by atoms with van der Waals surface area (Å²) in [6, 6.07) is 7.57. The summed E-state index contributed by atoms with van der Waals surface area (Å²) in [5.41, 5.74) is 5.59. The second-order valence-electron chi connectivity index (χ2n) is 7.70. The third-order valence-electron chi connectivity index (χ3n) is 5.89. The molecule has 0 unspecified atom stereocenters. The van der Waals surface area contributed by atoms with Gasteiger partial charge in [-0.25, -0.2) is 4.98 Å². The first kappa shape index (κ1) is 17.7. The molecule has 6 rings (SSSR count). The number of piperidine rings is 1. The first-order chi connectivity index (χ1) is 14.8. The van der Waals surface area contributed by atoms with Crippen molar-refractivity contribution < 1.29 is 4.39 Å². The van der Waals surface area contributed by atoms with Gasteiger partial charge < -0.3 is 10.3 Å². The lowest BCUT2D eigenvalue weighted by Crippen LogP contribution is -2.26. The molecular formula is C22H19FN6S. The minimum atomic E-state index is -0.201. The van der Waals surface area contributed by atoms with Crippen LogP contribution >= 0.6 is 11.3 Å². The smallest absolute Gasteiger partial charge is 0.176 e. The van der Waals surface area contributed by atoms with Crippen molar-refractivity contribution in [3.63, 3.8) is 0 Å². The normalized spacial score (nSPS) is 15.4. The number of hydrogen-bond donors (Lipinski definition) is 3. The van der Waals surface area contributed by atoms with E-state index in [4.69, 9.17) is 0 Å². The number of halogens is 1. The predicted octanol–water partition coefficient (Wildman–Crippen LogP) is 4.84. The van der Waals surface area contributed by atoms with Gasteiger partial charge in [-0.05, 0) is 61.7 Å². The third kappa shape index (κ3) is 2.91. The number of rotatable bonds is 3. The number of H-pyrrole nitrogens is 2. The number of nitrogens with one attached hydrogen (secondary N) is 3. The van der Waals surface area contributed by atoms with Crippen molar-refractivity contribution in [3.05, 3.63) is 53.6 Å². The fraction of sp³-hybridized carbons (Fsp3) is 0.227. The van der Waals surface area contributed by atoms with E-state index in [1.54, 1.807) is 18.5 Å². The molecule has 30 heavy (non-hydrogen) atoms. The molecule has 1 aliphatic heterocycles. The molecular weight excluding hydrogens is 399 g/mol. The summed E-state index contributed by atoms with van der Waals surface area (Å²) < 4.78 is 13.6. The standard InChI is InChI=1S/C22H19FN6S/c23-20-2-1-19(30-20)16-10-25-11-18-14(16)8-17(27-18)21-15-7-13(9-26-22(15)29-28-21)12-3-5-24-6-4-12/h1-2,7-12,24,27H,3-6H2,(H,26,28,29). The zero-order chi connectivity index (χ0) is 20.1. The Bertz CT molecular complexity index is 1360. The van der Waals surface area contributed by atoms with Gasteiger partial charge in [-0.3, -0.25) is 10.1 Å². The van der Waals surface area contributed by atoms with E-state index in [9.17, 15) is 4.39 Å². The van der Waals surface area contributed by atoms with Crippen molar-refractivity contribution in [1.82, 2.24) is 30.5 Å². The van der Waals surface area contributed by atoms with Crippen molar-refractivity contribution in [3.8, 4) is 21.8 Å². The Labute approximate surface area is 175 Å². The summed E-state index contributed by atoms with van der Waals surface area (Å²) in [6.45, 7) is 2.09. The van der Waals surface area contributed by atoms with Gasteiger partial charge in [0.15, 0.2) is 10.8 Å². The number of fused-ring (bicyclic) bond motifs is 2. The summed E-state index contributed by atoms with van der Waals surface area (Å²) in [5, 5.41) is 12.8. The van der Waals surface area contributed by atoms with Gasteiger partial charge in [0.1, 0.15) is 5.69 Å². The summed E-state index contributed by atoms with van der Waals surface area (Å²) in [4.78, 5) is 13.3. The van der Waals surface area contributed by atoms with Gasteiger partial charge in [0.05, 0.1) is 17.4 Å². The van der Waals surface area contributed by atoms with E-state index in [-0.39, 0.29) is 5.13 Å². The van der Waals surface area contributed by atoms with Crippen LogP contribution in [0.4, 0.5) is 4.39 Å². The molecule has 5 aromatic heterocycles. The van der Waals surface area contributed by atoms with Crippen LogP contribution in [0, 0.1) is 5.13 Å². The van der Waals surface area contributed by atoms with Crippen molar-refractivity contribution in [2.24, 2.45) is 0 Å². The van der Waals surface area contributed by atoms with E-state index in [1.165, 1.54) is 11.6 Å². The first-order valence-corrected chi connectivity index (χ1v) is 10.9. The maximum absolute atomic E-state index is 13.6. The second-order valence-corrected chi connectivity index (χ2v) is 8.73. The van der Waals surface area contributed by atoms with Gasteiger partial charge in [0.25, 0.3) is 0 Å². The highest BCUT2D eigenvalue weighted by Crippen LogP contribution is 2.36. The van der Waals surface area contributed by atoms with Gasteiger partial charge in [-0.1, -0.05) is 0 Å². The molecule has 6 nitrogen and oxygen atoms in total. The Morgan fingerprint density at radius 2 is 1.93 bits per heavy atom. The second kappa shape index (κ2) is 7.00. The van der Waals surface area contributed by atoms with E-state index in [1.807, 2.05) is 6.20 Å². The maximum atomic E-state index is 13.6. The quantitative estimate of drug-likeness (QED) is 0.392. The van der Waals surface area contributed by atoms with Gasteiger partial charge in [0.2, 0.25) is 0 Å². The average Bonchev–Trinajstić information content (AvgIpc) is 3.51. The van der Waals surface area contributed by atoms with E-state index in [0.717, 1.165) is 81.0 Å². The largest absolute Gasteiger partial charge is 0.352 e. The molecule has 1 fully saturated rings. The SMILES string of the molecule is Fc1ccc(-c2cncc3[nH]c(-c4n[nH]c5ncc(C6CCNCC6)cc45)cc23)s1. The van der Waals surface area contributed by atoms with Crippen LogP contribution in [0.3, 0.4) is 0 Å². The number of aromatic amines is 2. The Morgan fingerprint density at radius 1 is 1.03 bits per heavy atom. The van der Waals surface area contributed by atoms with Crippen LogP contribution in [0.15, 0.2) is 42.9 Å². The molecule has 0 atom stereocenters. The lowest BCUT2D eigenvalue weighted by Gasteiger charge is -2.22.